The third kappa shape index (κ3) is 1.96. The Morgan fingerprint density at radius 2 is 2.25 bits per heavy atom. The first-order valence-corrected chi connectivity index (χ1v) is 1.17. The Morgan fingerprint density at radius 3 is 2.25 bits per heavy atom. The highest BCUT2D eigenvalue weighted by atomic mass is 16.2. The summed E-state index contributed by atoms with van der Waals surface area (Å²) < 4.78 is 0. The first kappa shape index (κ1) is 3.96. The Hall–Kier alpha value is -0.0400. The van der Waals surface area contributed by atoms with Crippen molar-refractivity contribution in [3.8, 4) is 0 Å². The largest absolute Gasteiger partial charge is 0.390 e. The molecule has 0 unspecified atom stereocenters. The molecule has 0 aliphatic rings. The topological polar surface area (TPSA) is 20.2 Å². The van der Waals surface area contributed by atoms with Gasteiger partial charge in [-0.3, -0.25) is 0 Å². The van der Waals surface area contributed by atoms with Crippen molar-refractivity contribution in [2.75, 3.05) is 0 Å². The fourth-order valence-corrected chi connectivity index (χ4v) is 0. The van der Waals surface area contributed by atoms with Crippen LogP contribution in [0.2, 0.25) is 0 Å². The average molecular weight is 58.1 g/mol. The van der Waals surface area contributed by atoms with Crippen LogP contribution in [-0.4, -0.2) is 5.11 Å². The molecule has 0 heterocycles. The van der Waals surface area contributed by atoms with Crippen LogP contribution in [0.3, 0.4) is 0 Å². The second kappa shape index (κ2) is 2.96. The molecule has 0 fully saturated rings. The zero-order chi connectivity index (χ0) is 3.41. The quantitative estimate of drug-likeness (QED) is 0.471. The standard InChI is InChI=1S/C3H6O/c1-2-3-4/h3-4H,1-2H2. The van der Waals surface area contributed by atoms with Crippen molar-refractivity contribution in [2.24, 2.45) is 0 Å². The second-order valence-corrected chi connectivity index (χ2v) is 0.471. The maximum absolute atomic E-state index is 7.69. The van der Waals surface area contributed by atoms with Crippen LogP contribution in [0.4, 0.5) is 0 Å². The summed E-state index contributed by atoms with van der Waals surface area (Å²) in [4.78, 5) is 0. The minimum absolute atomic E-state index is 0.500. The fourth-order valence-electron chi connectivity index (χ4n) is 0. The maximum atomic E-state index is 7.69. The lowest BCUT2D eigenvalue weighted by Crippen LogP contribution is -1.58. The van der Waals surface area contributed by atoms with Gasteiger partial charge in [0.05, 0.1) is 6.61 Å². The Morgan fingerprint density at radius 1 is 2.00 bits per heavy atom. The van der Waals surface area contributed by atoms with Crippen molar-refractivity contribution in [1.29, 1.82) is 0 Å². The van der Waals surface area contributed by atoms with Gasteiger partial charge in [-0.15, -0.1) is 0 Å². The lowest BCUT2D eigenvalue weighted by Gasteiger charge is -1.67. The lowest BCUT2D eigenvalue weighted by molar-refractivity contribution is 0.387. The zero-order valence-electron chi connectivity index (χ0n) is 2.44. The van der Waals surface area contributed by atoms with Gasteiger partial charge in [-0.05, 0) is 6.42 Å². The molecular formula is C3H6O. The molecule has 0 aliphatic heterocycles. The van der Waals surface area contributed by atoms with Gasteiger partial charge in [-0.25, -0.2) is 0 Å². The molecule has 0 aliphatic carbocycles. The molecule has 0 saturated heterocycles. The molecule has 1 N–H and O–H groups in total. The van der Waals surface area contributed by atoms with Crippen LogP contribution in [0.5, 0.6) is 0 Å². The van der Waals surface area contributed by atoms with Crippen molar-refractivity contribution in [3.63, 3.8) is 0 Å². The molecule has 0 amide bonds. The van der Waals surface area contributed by atoms with E-state index in [0.717, 1.165) is 6.61 Å². The number of aliphatic hydroxyl groups excluding tert-OH is 1. The zero-order valence-corrected chi connectivity index (χ0v) is 2.44. The van der Waals surface area contributed by atoms with Gasteiger partial charge in [0.15, 0.2) is 0 Å². The summed E-state index contributed by atoms with van der Waals surface area (Å²) in [6.07, 6.45) is 0.500. The molecule has 0 spiro atoms. The Labute approximate surface area is 26.3 Å². The lowest BCUT2D eigenvalue weighted by atomic mass is 10.5. The molecule has 0 saturated carbocycles. The van der Waals surface area contributed by atoms with Crippen LogP contribution in [-0.2, 0) is 0 Å². The Kier molecular flexibility index (Phi) is 2.93. The van der Waals surface area contributed by atoms with Gasteiger partial charge in [0, 0.05) is 0 Å². The SMILES string of the molecule is [CH2]C[CH]O. The average Bonchev–Trinajstić information content (AvgIpc) is 1.37. The highest BCUT2D eigenvalue weighted by Gasteiger charge is 1.59. The van der Waals surface area contributed by atoms with E-state index < -0.39 is 0 Å². The molecule has 0 atom stereocenters. The van der Waals surface area contributed by atoms with Gasteiger partial charge >= 0.3 is 0 Å². The van der Waals surface area contributed by atoms with E-state index in [0.29, 0.717) is 6.42 Å². The van der Waals surface area contributed by atoms with Crippen LogP contribution in [0.15, 0.2) is 0 Å². The van der Waals surface area contributed by atoms with E-state index in [9.17, 15) is 0 Å². The molecule has 0 aromatic heterocycles. The summed E-state index contributed by atoms with van der Waals surface area (Å²) in [5.41, 5.74) is 0. The summed E-state index contributed by atoms with van der Waals surface area (Å²) in [6.45, 7) is 4.31. The Balaban J connectivity index is 1.97. The van der Waals surface area contributed by atoms with E-state index in [4.69, 9.17) is 5.11 Å². The van der Waals surface area contributed by atoms with Crippen molar-refractivity contribution in [3.05, 3.63) is 13.5 Å². The van der Waals surface area contributed by atoms with Gasteiger partial charge in [0.2, 0.25) is 0 Å². The molecule has 1 heteroatoms. The maximum Gasteiger partial charge on any atom is 0.0799 e. The van der Waals surface area contributed by atoms with Crippen molar-refractivity contribution < 1.29 is 5.11 Å². The van der Waals surface area contributed by atoms with Crippen molar-refractivity contribution in [1.82, 2.24) is 0 Å². The number of rotatable bonds is 1. The molecule has 1 nitrogen and oxygen atoms in total. The van der Waals surface area contributed by atoms with Gasteiger partial charge in [0.1, 0.15) is 0 Å². The summed E-state index contributed by atoms with van der Waals surface area (Å²) in [7, 11) is 0. The van der Waals surface area contributed by atoms with E-state index >= 15 is 0 Å². The minimum Gasteiger partial charge on any atom is -0.390 e. The van der Waals surface area contributed by atoms with Gasteiger partial charge in [-0.2, -0.15) is 0 Å². The molecule has 0 rings (SSSR count). The monoisotopic (exact) mass is 58.0 g/mol. The summed E-state index contributed by atoms with van der Waals surface area (Å²) in [5, 5.41) is 7.69. The molecule has 2 radical (unpaired) electrons. The number of hydrogen-bond donors (Lipinski definition) is 1. The van der Waals surface area contributed by atoms with E-state index in [1.54, 1.807) is 0 Å². The summed E-state index contributed by atoms with van der Waals surface area (Å²) in [6, 6.07) is 0. The predicted molar refractivity (Wildman–Crippen MR) is 16.2 cm³/mol. The molecule has 0 aromatic rings. The highest BCUT2D eigenvalue weighted by molar-refractivity contribution is 4.44. The smallest absolute Gasteiger partial charge is 0.0799 e. The molecule has 24 valence electrons. The normalized spacial score (nSPS) is 7.50. The van der Waals surface area contributed by atoms with Gasteiger partial charge in [-0.1, -0.05) is 6.92 Å². The molecular weight excluding hydrogens is 52.0 g/mol. The number of aliphatic hydroxyl groups is 1. The Bertz CT molecular complexity index is 5.25. The summed E-state index contributed by atoms with van der Waals surface area (Å²) in [5.74, 6) is 0. The van der Waals surface area contributed by atoms with E-state index in [1.165, 1.54) is 0 Å². The predicted octanol–water partition coefficient (Wildman–Crippen LogP) is 0.745. The first-order valence-electron chi connectivity index (χ1n) is 1.17. The number of hydrogen-bond acceptors (Lipinski definition) is 1. The van der Waals surface area contributed by atoms with E-state index in [1.807, 2.05) is 0 Å². The van der Waals surface area contributed by atoms with Crippen LogP contribution in [0, 0.1) is 13.5 Å². The van der Waals surface area contributed by atoms with Gasteiger partial charge in [0.25, 0.3) is 0 Å². The second-order valence-electron chi connectivity index (χ2n) is 0.471. The van der Waals surface area contributed by atoms with E-state index in [2.05, 4.69) is 6.92 Å². The van der Waals surface area contributed by atoms with Gasteiger partial charge < -0.3 is 5.11 Å². The van der Waals surface area contributed by atoms with Crippen LogP contribution >= 0.6 is 0 Å². The fraction of sp³-hybridized carbons (Fsp3) is 0.333. The van der Waals surface area contributed by atoms with Crippen molar-refractivity contribution in [2.45, 2.75) is 6.42 Å². The summed E-state index contributed by atoms with van der Waals surface area (Å²) >= 11 is 0. The third-order valence-corrected chi connectivity index (χ3v) is 0.129. The molecule has 4 heavy (non-hydrogen) atoms. The van der Waals surface area contributed by atoms with Crippen LogP contribution in [0.25, 0.3) is 0 Å². The van der Waals surface area contributed by atoms with E-state index in [-0.39, 0.29) is 0 Å². The first-order chi connectivity index (χ1) is 1.91. The van der Waals surface area contributed by atoms with Crippen LogP contribution in [0.1, 0.15) is 6.42 Å². The van der Waals surface area contributed by atoms with Crippen LogP contribution < -0.4 is 0 Å². The van der Waals surface area contributed by atoms with Crippen molar-refractivity contribution >= 4 is 0 Å². The third-order valence-electron chi connectivity index (χ3n) is 0.129. The minimum atomic E-state index is 0.500. The molecule has 0 bridgehead atoms. The molecule has 0 aromatic carbocycles. The highest BCUT2D eigenvalue weighted by Crippen LogP contribution is 1.68.